The molecule has 0 aromatic rings. The number of nitrogens with zero attached hydrogens (tertiary/aromatic N) is 1. The molecule has 0 spiro atoms. The molecule has 20 heavy (non-hydrogen) atoms. The van der Waals surface area contributed by atoms with E-state index in [-0.39, 0.29) is 11.5 Å². The average Bonchev–Trinajstić information content (AvgIpc) is 2.46. The third kappa shape index (κ3) is 3.37. The summed E-state index contributed by atoms with van der Waals surface area (Å²) in [6.45, 7) is 1.91. The smallest absolute Gasteiger partial charge is 0.168 e. The van der Waals surface area contributed by atoms with E-state index in [4.69, 9.17) is 4.84 Å². The normalized spacial score (nSPS) is 28.7. The lowest BCUT2D eigenvalue weighted by molar-refractivity contribution is -0.117. The SMILES string of the molecule is CC/C(=N\OC)C1=C(O)CC(C2CCCSC2)CC1=O. The van der Waals surface area contributed by atoms with E-state index in [1.165, 1.54) is 25.7 Å². The van der Waals surface area contributed by atoms with Gasteiger partial charge in [-0.2, -0.15) is 11.8 Å². The summed E-state index contributed by atoms with van der Waals surface area (Å²) in [6.07, 6.45) is 4.13. The number of aliphatic hydroxyl groups is 1. The van der Waals surface area contributed by atoms with Crippen molar-refractivity contribution in [1.29, 1.82) is 0 Å². The van der Waals surface area contributed by atoms with Crippen LogP contribution in [0.1, 0.15) is 39.0 Å². The number of hydrogen-bond acceptors (Lipinski definition) is 5. The van der Waals surface area contributed by atoms with E-state index in [9.17, 15) is 9.90 Å². The largest absolute Gasteiger partial charge is 0.511 e. The van der Waals surface area contributed by atoms with Gasteiger partial charge in [0, 0.05) is 12.8 Å². The molecule has 0 aromatic heterocycles. The van der Waals surface area contributed by atoms with Crippen molar-refractivity contribution in [1.82, 2.24) is 0 Å². The number of carbonyl (C=O) groups excluding carboxylic acids is 1. The Morgan fingerprint density at radius 1 is 1.45 bits per heavy atom. The summed E-state index contributed by atoms with van der Waals surface area (Å²) in [7, 11) is 1.46. The summed E-state index contributed by atoms with van der Waals surface area (Å²) >= 11 is 1.97. The highest BCUT2D eigenvalue weighted by molar-refractivity contribution is 7.99. The molecular weight excluding hydrogens is 274 g/mol. The number of oxime groups is 1. The summed E-state index contributed by atoms with van der Waals surface area (Å²) in [5.41, 5.74) is 0.959. The predicted molar refractivity (Wildman–Crippen MR) is 82.2 cm³/mol. The molecule has 1 N–H and O–H groups in total. The van der Waals surface area contributed by atoms with Crippen molar-refractivity contribution in [3.63, 3.8) is 0 Å². The van der Waals surface area contributed by atoms with Gasteiger partial charge in [-0.25, -0.2) is 0 Å². The van der Waals surface area contributed by atoms with Gasteiger partial charge in [-0.05, 0) is 42.6 Å². The summed E-state index contributed by atoms with van der Waals surface area (Å²) in [5.74, 6) is 3.43. The van der Waals surface area contributed by atoms with Gasteiger partial charge < -0.3 is 9.94 Å². The van der Waals surface area contributed by atoms with Crippen LogP contribution in [0.25, 0.3) is 0 Å². The number of hydrogen-bond donors (Lipinski definition) is 1. The van der Waals surface area contributed by atoms with Crippen LogP contribution in [0.4, 0.5) is 0 Å². The van der Waals surface area contributed by atoms with Crippen LogP contribution in [0.2, 0.25) is 0 Å². The second kappa shape index (κ2) is 7.16. The van der Waals surface area contributed by atoms with Crippen molar-refractivity contribution in [2.24, 2.45) is 17.0 Å². The first-order valence-corrected chi connectivity index (χ1v) is 8.46. The zero-order valence-corrected chi connectivity index (χ0v) is 13.0. The molecule has 0 amide bonds. The van der Waals surface area contributed by atoms with Crippen molar-refractivity contribution in [2.75, 3.05) is 18.6 Å². The molecule has 0 bridgehead atoms. The number of carbonyl (C=O) groups is 1. The lowest BCUT2D eigenvalue weighted by Gasteiger charge is -2.32. The zero-order valence-electron chi connectivity index (χ0n) is 12.2. The molecule has 1 aliphatic carbocycles. The fourth-order valence-electron chi connectivity index (χ4n) is 3.12. The summed E-state index contributed by atoms with van der Waals surface area (Å²) in [4.78, 5) is 17.1. The highest BCUT2D eigenvalue weighted by atomic mass is 32.2. The van der Waals surface area contributed by atoms with E-state index >= 15 is 0 Å². The highest BCUT2D eigenvalue weighted by Gasteiger charge is 2.34. The minimum atomic E-state index is 0.0203. The number of thioether (sulfide) groups is 1. The second-order valence-electron chi connectivity index (χ2n) is 5.46. The van der Waals surface area contributed by atoms with Gasteiger partial charge >= 0.3 is 0 Å². The Bertz CT molecular complexity index is 425. The fourth-order valence-corrected chi connectivity index (χ4v) is 4.40. The second-order valence-corrected chi connectivity index (χ2v) is 6.61. The third-order valence-corrected chi connectivity index (χ3v) is 5.40. The molecule has 1 aliphatic heterocycles. The topological polar surface area (TPSA) is 58.9 Å². The zero-order chi connectivity index (χ0) is 14.5. The minimum absolute atomic E-state index is 0.0203. The van der Waals surface area contributed by atoms with Crippen molar-refractivity contribution >= 4 is 23.3 Å². The molecular formula is C15H23NO3S. The molecule has 5 heteroatoms. The predicted octanol–water partition coefficient (Wildman–Crippen LogP) is 3.33. The van der Waals surface area contributed by atoms with Crippen LogP contribution < -0.4 is 0 Å². The van der Waals surface area contributed by atoms with Gasteiger partial charge in [0.05, 0.1) is 11.3 Å². The van der Waals surface area contributed by atoms with Crippen LogP contribution in [-0.2, 0) is 9.63 Å². The van der Waals surface area contributed by atoms with Gasteiger partial charge in [-0.15, -0.1) is 0 Å². The van der Waals surface area contributed by atoms with Gasteiger partial charge in [-0.1, -0.05) is 12.1 Å². The Hall–Kier alpha value is -0.970. The Morgan fingerprint density at radius 2 is 2.25 bits per heavy atom. The Kier molecular flexibility index (Phi) is 5.52. The van der Waals surface area contributed by atoms with Crippen molar-refractivity contribution in [3.05, 3.63) is 11.3 Å². The molecule has 2 atom stereocenters. The summed E-state index contributed by atoms with van der Waals surface area (Å²) in [6, 6.07) is 0. The van der Waals surface area contributed by atoms with Crippen molar-refractivity contribution < 1.29 is 14.7 Å². The molecule has 0 saturated carbocycles. The van der Waals surface area contributed by atoms with E-state index < -0.39 is 0 Å². The Morgan fingerprint density at radius 3 is 2.80 bits per heavy atom. The number of Topliss-reactive ketones (excluding diaryl/α,β-unsaturated/α-hetero) is 1. The Labute approximate surface area is 124 Å². The van der Waals surface area contributed by atoms with E-state index in [1.54, 1.807) is 0 Å². The maximum Gasteiger partial charge on any atom is 0.168 e. The quantitative estimate of drug-likeness (QED) is 0.638. The van der Waals surface area contributed by atoms with Crippen LogP contribution in [-0.4, -0.2) is 35.2 Å². The van der Waals surface area contributed by atoms with Crippen LogP contribution in [0.15, 0.2) is 16.5 Å². The molecule has 112 valence electrons. The number of aliphatic hydroxyl groups excluding tert-OH is 1. The number of allylic oxidation sites excluding steroid dienone is 2. The summed E-state index contributed by atoms with van der Waals surface area (Å²) in [5, 5.41) is 14.2. The fraction of sp³-hybridized carbons (Fsp3) is 0.733. The van der Waals surface area contributed by atoms with E-state index in [1.807, 2.05) is 18.7 Å². The van der Waals surface area contributed by atoms with Crippen molar-refractivity contribution in [3.8, 4) is 0 Å². The number of rotatable bonds is 4. The molecule has 2 aliphatic rings. The Balaban J connectivity index is 2.15. The summed E-state index contributed by atoms with van der Waals surface area (Å²) < 4.78 is 0. The van der Waals surface area contributed by atoms with E-state index in [2.05, 4.69) is 5.16 Å². The molecule has 2 rings (SSSR count). The van der Waals surface area contributed by atoms with Crippen LogP contribution in [0.3, 0.4) is 0 Å². The molecule has 2 unspecified atom stereocenters. The van der Waals surface area contributed by atoms with Crippen LogP contribution in [0, 0.1) is 11.8 Å². The lowest BCUT2D eigenvalue weighted by atomic mass is 9.77. The standard InChI is InChI=1S/C15H23NO3S/c1-3-12(16-19-2)15-13(17)7-11(8-14(15)18)10-5-4-6-20-9-10/h10-11,17H,3-9H2,1-2H3/b16-12+. The first kappa shape index (κ1) is 15.4. The molecule has 1 saturated heterocycles. The molecule has 0 radical (unpaired) electrons. The van der Waals surface area contributed by atoms with Gasteiger partial charge in [-0.3, -0.25) is 4.79 Å². The number of ketones is 1. The highest BCUT2D eigenvalue weighted by Crippen LogP contribution is 2.38. The first-order chi connectivity index (χ1) is 9.67. The maximum absolute atomic E-state index is 12.4. The first-order valence-electron chi connectivity index (χ1n) is 7.30. The lowest BCUT2D eigenvalue weighted by Crippen LogP contribution is -2.30. The van der Waals surface area contributed by atoms with Crippen LogP contribution >= 0.6 is 11.8 Å². The molecule has 1 fully saturated rings. The average molecular weight is 297 g/mol. The third-order valence-electron chi connectivity index (χ3n) is 4.16. The van der Waals surface area contributed by atoms with Crippen molar-refractivity contribution in [2.45, 2.75) is 39.0 Å². The van der Waals surface area contributed by atoms with Gasteiger partial charge in [0.25, 0.3) is 0 Å². The van der Waals surface area contributed by atoms with Gasteiger partial charge in [0.15, 0.2) is 5.78 Å². The van der Waals surface area contributed by atoms with E-state index in [0.29, 0.717) is 42.4 Å². The monoisotopic (exact) mass is 297 g/mol. The van der Waals surface area contributed by atoms with Crippen LogP contribution in [0.5, 0.6) is 0 Å². The van der Waals surface area contributed by atoms with E-state index in [0.717, 1.165) is 5.75 Å². The molecule has 4 nitrogen and oxygen atoms in total. The molecule has 1 heterocycles. The van der Waals surface area contributed by atoms with Gasteiger partial charge in [0.2, 0.25) is 0 Å². The minimum Gasteiger partial charge on any atom is -0.511 e. The molecule has 0 aromatic carbocycles. The van der Waals surface area contributed by atoms with Gasteiger partial charge in [0.1, 0.15) is 12.9 Å². The maximum atomic E-state index is 12.4.